The fourth-order valence-electron chi connectivity index (χ4n) is 1.98. The summed E-state index contributed by atoms with van der Waals surface area (Å²) in [6.07, 6.45) is 0. The number of fused-ring (bicyclic) bond motifs is 1. The van der Waals surface area contributed by atoms with Crippen molar-refractivity contribution in [1.29, 1.82) is 0 Å². The summed E-state index contributed by atoms with van der Waals surface area (Å²) in [6, 6.07) is 14.4. The Morgan fingerprint density at radius 2 is 1.91 bits per heavy atom. The predicted molar refractivity (Wildman–Crippen MR) is 90.0 cm³/mol. The molecule has 0 saturated carbocycles. The summed E-state index contributed by atoms with van der Waals surface area (Å²) in [7, 11) is 1.91. The molecule has 2 N–H and O–H groups in total. The zero-order chi connectivity index (χ0) is 15.5. The molecule has 7 heteroatoms. The molecule has 0 aliphatic carbocycles. The first kappa shape index (κ1) is 14.6. The number of hydrogen-bond acceptors (Lipinski definition) is 3. The van der Waals surface area contributed by atoms with Crippen LogP contribution in [0.1, 0.15) is 0 Å². The number of nitrogens with one attached hydrogen (secondary N) is 2. The van der Waals surface area contributed by atoms with Gasteiger partial charge < -0.3 is 9.88 Å². The minimum Gasteiger partial charge on any atom is -0.318 e. The second-order valence-corrected chi connectivity index (χ2v) is 6.04. The van der Waals surface area contributed by atoms with Crippen LogP contribution in [-0.4, -0.2) is 10.6 Å². The molecule has 22 heavy (non-hydrogen) atoms. The largest absolute Gasteiger partial charge is 0.339 e. The molecule has 0 unspecified atom stereocenters. The highest BCUT2D eigenvalue weighted by molar-refractivity contribution is 7.16. The standard InChI is InChI=1S/C15H13ClN4OS/c1-20-12-4-2-3-5-13(12)22-15(20)19-18-14(21)17-11-8-6-10(16)7-9-11/h2-9H,1H3,(H2,17,18,21)/b19-15+. The SMILES string of the molecule is Cn1/c(=N\NC(=O)Nc2ccc(Cl)cc2)sc2ccccc21. The van der Waals surface area contributed by atoms with E-state index in [1.165, 1.54) is 11.3 Å². The molecular weight excluding hydrogens is 320 g/mol. The van der Waals surface area contributed by atoms with E-state index in [4.69, 9.17) is 11.6 Å². The van der Waals surface area contributed by atoms with E-state index in [2.05, 4.69) is 15.8 Å². The Kier molecular flexibility index (Phi) is 4.13. The maximum absolute atomic E-state index is 11.8. The van der Waals surface area contributed by atoms with Crippen molar-refractivity contribution in [1.82, 2.24) is 9.99 Å². The summed E-state index contributed by atoms with van der Waals surface area (Å²) in [5, 5.41) is 7.45. The van der Waals surface area contributed by atoms with Crippen LogP contribution in [0.15, 0.2) is 53.6 Å². The molecule has 112 valence electrons. The van der Waals surface area contributed by atoms with Gasteiger partial charge in [0.25, 0.3) is 0 Å². The fourth-order valence-corrected chi connectivity index (χ4v) is 3.08. The number of carbonyl (C=O) groups is 1. The third kappa shape index (κ3) is 3.13. The van der Waals surface area contributed by atoms with Crippen molar-refractivity contribution in [3.63, 3.8) is 0 Å². The Balaban J connectivity index is 1.76. The molecule has 5 nitrogen and oxygen atoms in total. The highest BCUT2D eigenvalue weighted by Gasteiger charge is 2.03. The van der Waals surface area contributed by atoms with Gasteiger partial charge >= 0.3 is 6.03 Å². The van der Waals surface area contributed by atoms with E-state index in [0.29, 0.717) is 15.5 Å². The van der Waals surface area contributed by atoms with Crippen LogP contribution in [0.25, 0.3) is 10.2 Å². The van der Waals surface area contributed by atoms with E-state index in [9.17, 15) is 4.79 Å². The number of thiazole rings is 1. The van der Waals surface area contributed by atoms with E-state index < -0.39 is 6.03 Å². The summed E-state index contributed by atoms with van der Waals surface area (Å²) in [6.45, 7) is 0. The average Bonchev–Trinajstić information content (AvgIpc) is 2.84. The lowest BCUT2D eigenvalue weighted by atomic mass is 10.3. The number of amides is 2. The summed E-state index contributed by atoms with van der Waals surface area (Å²) in [5.41, 5.74) is 4.22. The van der Waals surface area contributed by atoms with E-state index in [1.54, 1.807) is 24.3 Å². The van der Waals surface area contributed by atoms with Gasteiger partial charge in [0.2, 0.25) is 4.80 Å². The lowest BCUT2D eigenvalue weighted by Gasteiger charge is -2.03. The number of nitrogens with zero attached hydrogens (tertiary/aromatic N) is 2. The van der Waals surface area contributed by atoms with E-state index >= 15 is 0 Å². The van der Waals surface area contributed by atoms with Gasteiger partial charge in [-0.2, -0.15) is 0 Å². The predicted octanol–water partition coefficient (Wildman–Crippen LogP) is 3.53. The Hall–Kier alpha value is -2.31. The van der Waals surface area contributed by atoms with Gasteiger partial charge in [0.1, 0.15) is 0 Å². The molecular formula is C15H13ClN4OS. The quantitative estimate of drug-likeness (QED) is 0.693. The zero-order valence-electron chi connectivity index (χ0n) is 11.7. The van der Waals surface area contributed by atoms with Crippen molar-refractivity contribution < 1.29 is 4.79 Å². The Morgan fingerprint density at radius 3 is 2.64 bits per heavy atom. The van der Waals surface area contributed by atoms with Crippen molar-refractivity contribution in [2.24, 2.45) is 12.1 Å². The molecule has 0 atom stereocenters. The number of aromatic nitrogens is 1. The maximum Gasteiger partial charge on any atom is 0.339 e. The summed E-state index contributed by atoms with van der Waals surface area (Å²) >= 11 is 7.31. The van der Waals surface area contributed by atoms with Crippen LogP contribution in [-0.2, 0) is 7.05 Å². The normalized spacial score (nSPS) is 11.6. The van der Waals surface area contributed by atoms with Gasteiger partial charge in [0.15, 0.2) is 0 Å². The smallest absolute Gasteiger partial charge is 0.318 e. The monoisotopic (exact) mass is 332 g/mol. The number of benzene rings is 2. The number of halogens is 1. The number of aryl methyl sites for hydroxylation is 1. The second kappa shape index (κ2) is 6.21. The first-order chi connectivity index (χ1) is 10.6. The van der Waals surface area contributed by atoms with E-state index in [-0.39, 0.29) is 0 Å². The molecule has 0 aliphatic rings. The number of anilines is 1. The first-order valence-corrected chi connectivity index (χ1v) is 7.74. The van der Waals surface area contributed by atoms with Crippen molar-refractivity contribution in [2.45, 2.75) is 0 Å². The maximum atomic E-state index is 11.8. The number of carbonyl (C=O) groups excluding carboxylic acids is 1. The van der Waals surface area contributed by atoms with Crippen molar-refractivity contribution in [2.75, 3.05) is 5.32 Å². The Bertz CT molecular complexity index is 882. The topological polar surface area (TPSA) is 58.4 Å². The number of para-hydroxylation sites is 1. The van der Waals surface area contributed by atoms with E-state index in [0.717, 1.165) is 10.2 Å². The molecule has 3 rings (SSSR count). The first-order valence-electron chi connectivity index (χ1n) is 6.54. The zero-order valence-corrected chi connectivity index (χ0v) is 13.3. The lowest BCUT2D eigenvalue weighted by Crippen LogP contribution is -2.27. The van der Waals surface area contributed by atoms with Gasteiger partial charge in [-0.1, -0.05) is 35.1 Å². The fraction of sp³-hybridized carbons (Fsp3) is 0.0667. The lowest BCUT2D eigenvalue weighted by molar-refractivity contribution is 0.252. The minimum atomic E-state index is -0.403. The van der Waals surface area contributed by atoms with Crippen molar-refractivity contribution >= 4 is 44.9 Å². The molecule has 0 fully saturated rings. The van der Waals surface area contributed by atoms with Crippen LogP contribution < -0.4 is 15.5 Å². The van der Waals surface area contributed by atoms with E-state index in [1.807, 2.05) is 35.9 Å². The summed E-state index contributed by atoms with van der Waals surface area (Å²) in [4.78, 5) is 12.6. The average molecular weight is 333 g/mol. The van der Waals surface area contributed by atoms with Gasteiger partial charge in [-0.25, -0.2) is 10.2 Å². The number of urea groups is 1. The van der Waals surface area contributed by atoms with Crippen LogP contribution in [0.3, 0.4) is 0 Å². The number of hydrogen-bond donors (Lipinski definition) is 2. The van der Waals surface area contributed by atoms with Crippen LogP contribution in [0, 0.1) is 0 Å². The third-order valence-electron chi connectivity index (χ3n) is 3.07. The molecule has 2 amide bonds. The van der Waals surface area contributed by atoms with Crippen LogP contribution >= 0.6 is 22.9 Å². The molecule has 0 saturated heterocycles. The van der Waals surface area contributed by atoms with Gasteiger partial charge in [0, 0.05) is 17.8 Å². The molecule has 0 spiro atoms. The summed E-state index contributed by atoms with van der Waals surface area (Å²) in [5.74, 6) is 0. The molecule has 0 bridgehead atoms. The van der Waals surface area contributed by atoms with Crippen LogP contribution in [0.5, 0.6) is 0 Å². The number of rotatable bonds is 2. The highest BCUT2D eigenvalue weighted by Crippen LogP contribution is 2.15. The van der Waals surface area contributed by atoms with Gasteiger partial charge in [-0.3, -0.25) is 0 Å². The van der Waals surface area contributed by atoms with Gasteiger partial charge in [-0.05, 0) is 36.4 Å². The Morgan fingerprint density at radius 1 is 1.18 bits per heavy atom. The molecule has 0 aliphatic heterocycles. The molecule has 3 aromatic rings. The minimum absolute atomic E-state index is 0.403. The van der Waals surface area contributed by atoms with Crippen molar-refractivity contribution in [3.8, 4) is 0 Å². The Labute approximate surface area is 135 Å². The highest BCUT2D eigenvalue weighted by atomic mass is 35.5. The van der Waals surface area contributed by atoms with Crippen LogP contribution in [0.2, 0.25) is 5.02 Å². The van der Waals surface area contributed by atoms with Crippen LogP contribution in [0.4, 0.5) is 10.5 Å². The summed E-state index contributed by atoms with van der Waals surface area (Å²) < 4.78 is 3.05. The molecule has 2 aromatic carbocycles. The van der Waals surface area contributed by atoms with Crippen molar-refractivity contribution in [3.05, 3.63) is 58.4 Å². The molecule has 0 radical (unpaired) electrons. The molecule has 1 heterocycles. The second-order valence-electron chi connectivity index (χ2n) is 4.60. The third-order valence-corrected chi connectivity index (χ3v) is 4.43. The molecule has 1 aromatic heterocycles. The van der Waals surface area contributed by atoms with Gasteiger partial charge in [0.05, 0.1) is 10.2 Å². The van der Waals surface area contributed by atoms with Gasteiger partial charge in [-0.15, -0.1) is 5.10 Å².